The predicted molar refractivity (Wildman–Crippen MR) is 166 cm³/mol. The first kappa shape index (κ1) is 26.9. The maximum Gasteiger partial charge on any atom is 0.0776 e. The first-order valence-corrected chi connectivity index (χ1v) is 13.2. The summed E-state index contributed by atoms with van der Waals surface area (Å²) in [6.45, 7) is 21.2. The van der Waals surface area contributed by atoms with Gasteiger partial charge in [-0.3, -0.25) is 4.99 Å². The molecule has 3 aromatic carbocycles. The Bertz CT molecular complexity index is 1400. The average molecular weight is 502 g/mol. The van der Waals surface area contributed by atoms with Crippen molar-refractivity contribution in [2.45, 2.75) is 45.7 Å². The van der Waals surface area contributed by atoms with Crippen molar-refractivity contribution in [2.24, 2.45) is 4.99 Å². The van der Waals surface area contributed by atoms with Crippen LogP contribution in [0.5, 0.6) is 0 Å². The van der Waals surface area contributed by atoms with E-state index in [-0.39, 0.29) is 18.0 Å². The minimum Gasteiger partial charge on any atom is -0.365 e. The Hall–Kier alpha value is -4.11. The molecule has 38 heavy (non-hydrogen) atoms. The van der Waals surface area contributed by atoms with E-state index < -0.39 is 0 Å². The number of aryl methyl sites for hydroxylation is 3. The summed E-state index contributed by atoms with van der Waals surface area (Å²) in [7, 11) is 2.16. The molecule has 3 unspecified atom stereocenters. The zero-order chi connectivity index (χ0) is 27.4. The third-order valence-electron chi connectivity index (χ3n) is 7.43. The van der Waals surface area contributed by atoms with Crippen molar-refractivity contribution >= 4 is 22.8 Å². The topological polar surface area (TPSA) is 27.6 Å². The van der Waals surface area contributed by atoms with Gasteiger partial charge in [0, 0.05) is 24.2 Å². The van der Waals surface area contributed by atoms with Gasteiger partial charge in [0.05, 0.1) is 29.2 Å². The molecular formula is C35H39N3. The van der Waals surface area contributed by atoms with Crippen molar-refractivity contribution in [1.29, 1.82) is 0 Å². The van der Waals surface area contributed by atoms with Crippen LogP contribution in [0, 0.1) is 20.8 Å². The number of allylic oxidation sites excluding steroid dienone is 2. The number of anilines is 3. The molecule has 0 aromatic heterocycles. The lowest BCUT2D eigenvalue weighted by Gasteiger charge is -2.42. The molecule has 0 radical (unpaired) electrons. The Morgan fingerprint density at radius 2 is 1.66 bits per heavy atom. The highest BCUT2D eigenvalue weighted by atomic mass is 15.2. The molecule has 1 aliphatic rings. The lowest BCUT2D eigenvalue weighted by Crippen LogP contribution is -2.44. The van der Waals surface area contributed by atoms with Crippen LogP contribution in [0.4, 0.5) is 17.1 Å². The van der Waals surface area contributed by atoms with Crippen molar-refractivity contribution in [2.75, 3.05) is 17.3 Å². The second-order valence-electron chi connectivity index (χ2n) is 10.1. The SMILES string of the molecule is C=CC1=NC(C=C)C(C(C(=C)/C=C\C)N(C)c2ccccc2Nc2c(C)cc(C)cc2C)c2ccccc21. The Morgan fingerprint density at radius 1 is 1.00 bits per heavy atom. The van der Waals surface area contributed by atoms with Crippen molar-refractivity contribution in [3.8, 4) is 0 Å². The second-order valence-corrected chi connectivity index (χ2v) is 10.1. The molecule has 3 atom stereocenters. The average Bonchev–Trinajstić information content (AvgIpc) is 2.91. The molecular weight excluding hydrogens is 462 g/mol. The summed E-state index contributed by atoms with van der Waals surface area (Å²) >= 11 is 0. The molecule has 194 valence electrons. The molecule has 1 aliphatic heterocycles. The number of benzene rings is 3. The largest absolute Gasteiger partial charge is 0.365 e. The summed E-state index contributed by atoms with van der Waals surface area (Å²) in [5, 5.41) is 3.76. The van der Waals surface area contributed by atoms with Gasteiger partial charge in [-0.25, -0.2) is 0 Å². The van der Waals surface area contributed by atoms with Crippen molar-refractivity contribution in [3.63, 3.8) is 0 Å². The smallest absolute Gasteiger partial charge is 0.0776 e. The molecule has 0 saturated carbocycles. The van der Waals surface area contributed by atoms with E-state index in [2.05, 4.69) is 131 Å². The van der Waals surface area contributed by atoms with Gasteiger partial charge in [-0.15, -0.1) is 6.58 Å². The van der Waals surface area contributed by atoms with Crippen LogP contribution in [0.2, 0.25) is 0 Å². The highest BCUT2D eigenvalue weighted by Gasteiger charge is 2.38. The predicted octanol–water partition coefficient (Wildman–Crippen LogP) is 8.62. The van der Waals surface area contributed by atoms with Gasteiger partial charge in [0.2, 0.25) is 0 Å². The van der Waals surface area contributed by atoms with E-state index >= 15 is 0 Å². The number of aliphatic imine (C=N–C) groups is 1. The minimum absolute atomic E-state index is 0.0250. The molecule has 3 heteroatoms. The Labute approximate surface area is 228 Å². The third-order valence-corrected chi connectivity index (χ3v) is 7.43. The molecule has 0 aliphatic carbocycles. The van der Waals surface area contributed by atoms with Crippen LogP contribution in [0.25, 0.3) is 0 Å². The standard InChI is InChI=1S/C35H39N3/c1-9-16-24(5)35(33-28-18-13-12-17-27(28)29(10-2)36-30(33)11-3)38(8)32-20-15-14-19-31(32)37-34-25(6)21-23(4)22-26(34)7/h9-22,30,33,35,37H,2-3,5H2,1,4,6-8H3/b16-9-. The quantitative estimate of drug-likeness (QED) is 0.235. The normalized spacial score (nSPS) is 17.3. The van der Waals surface area contributed by atoms with Gasteiger partial charge >= 0.3 is 0 Å². The van der Waals surface area contributed by atoms with Crippen LogP contribution < -0.4 is 10.2 Å². The van der Waals surface area contributed by atoms with Gasteiger partial charge in [-0.05, 0) is 68.2 Å². The summed E-state index contributed by atoms with van der Waals surface area (Å²) in [4.78, 5) is 7.42. The number of fused-ring (bicyclic) bond motifs is 1. The minimum atomic E-state index is -0.117. The fourth-order valence-corrected chi connectivity index (χ4v) is 5.82. The number of para-hydroxylation sites is 2. The monoisotopic (exact) mass is 501 g/mol. The number of rotatable bonds is 9. The van der Waals surface area contributed by atoms with E-state index in [0.29, 0.717) is 0 Å². The van der Waals surface area contributed by atoms with E-state index in [4.69, 9.17) is 4.99 Å². The van der Waals surface area contributed by atoms with Gasteiger partial charge in [0.15, 0.2) is 0 Å². The first-order valence-electron chi connectivity index (χ1n) is 13.2. The van der Waals surface area contributed by atoms with E-state index in [1.54, 1.807) is 0 Å². The van der Waals surface area contributed by atoms with Crippen LogP contribution in [-0.4, -0.2) is 24.8 Å². The molecule has 0 bridgehead atoms. The summed E-state index contributed by atoms with van der Waals surface area (Å²) in [6, 6.07) is 21.3. The number of likely N-dealkylation sites (N-methyl/N-ethyl adjacent to an activating group) is 1. The fourth-order valence-electron chi connectivity index (χ4n) is 5.82. The zero-order valence-electron chi connectivity index (χ0n) is 23.3. The molecule has 1 heterocycles. The van der Waals surface area contributed by atoms with Crippen molar-refractivity contribution < 1.29 is 0 Å². The molecule has 0 fully saturated rings. The number of hydrogen-bond donors (Lipinski definition) is 1. The Morgan fingerprint density at radius 3 is 2.32 bits per heavy atom. The highest BCUT2D eigenvalue weighted by Crippen LogP contribution is 2.42. The summed E-state index contributed by atoms with van der Waals surface area (Å²) in [5.41, 5.74) is 11.3. The van der Waals surface area contributed by atoms with Crippen LogP contribution in [-0.2, 0) is 0 Å². The lowest BCUT2D eigenvalue weighted by atomic mass is 9.76. The summed E-state index contributed by atoms with van der Waals surface area (Å²) in [6.07, 6.45) is 7.97. The number of nitrogens with one attached hydrogen (secondary N) is 1. The van der Waals surface area contributed by atoms with E-state index in [1.165, 1.54) is 22.3 Å². The van der Waals surface area contributed by atoms with Crippen LogP contribution in [0.3, 0.4) is 0 Å². The van der Waals surface area contributed by atoms with Gasteiger partial charge < -0.3 is 10.2 Å². The van der Waals surface area contributed by atoms with Gasteiger partial charge in [0.1, 0.15) is 0 Å². The maximum absolute atomic E-state index is 5.08. The summed E-state index contributed by atoms with van der Waals surface area (Å²) < 4.78 is 0. The molecule has 4 rings (SSSR count). The van der Waals surface area contributed by atoms with Gasteiger partial charge in [0.25, 0.3) is 0 Å². The Kier molecular flexibility index (Phi) is 8.16. The fraction of sp³-hybridized carbons (Fsp3) is 0.229. The Balaban J connectivity index is 1.85. The maximum atomic E-state index is 5.08. The summed E-state index contributed by atoms with van der Waals surface area (Å²) in [5.74, 6) is 0.0250. The third kappa shape index (κ3) is 5.15. The van der Waals surface area contributed by atoms with Gasteiger partial charge in [-0.1, -0.05) is 85.5 Å². The molecule has 3 nitrogen and oxygen atoms in total. The molecule has 1 N–H and O–H groups in total. The zero-order valence-corrected chi connectivity index (χ0v) is 23.3. The van der Waals surface area contributed by atoms with Gasteiger partial charge in [-0.2, -0.15) is 0 Å². The second kappa shape index (κ2) is 11.5. The van der Waals surface area contributed by atoms with Crippen molar-refractivity contribution in [3.05, 3.63) is 138 Å². The highest BCUT2D eigenvalue weighted by molar-refractivity contribution is 6.10. The lowest BCUT2D eigenvalue weighted by molar-refractivity contribution is 0.519. The number of nitrogens with zero attached hydrogens (tertiary/aromatic N) is 2. The molecule has 0 spiro atoms. The molecule has 0 amide bonds. The van der Waals surface area contributed by atoms with E-state index in [0.717, 1.165) is 33.9 Å². The molecule has 3 aromatic rings. The van der Waals surface area contributed by atoms with Crippen LogP contribution in [0.1, 0.15) is 40.7 Å². The number of hydrogen-bond acceptors (Lipinski definition) is 3. The molecule has 0 saturated heterocycles. The van der Waals surface area contributed by atoms with Crippen LogP contribution in [0.15, 0.2) is 115 Å². The van der Waals surface area contributed by atoms with E-state index in [1.807, 2.05) is 19.1 Å². The van der Waals surface area contributed by atoms with Crippen LogP contribution >= 0.6 is 0 Å². The first-order chi connectivity index (χ1) is 18.3. The van der Waals surface area contributed by atoms with E-state index in [9.17, 15) is 0 Å². The van der Waals surface area contributed by atoms with Crippen molar-refractivity contribution in [1.82, 2.24) is 0 Å².